The summed E-state index contributed by atoms with van der Waals surface area (Å²) in [5.74, 6) is 0. The van der Waals surface area contributed by atoms with Crippen molar-refractivity contribution in [2.24, 2.45) is 5.73 Å². The second kappa shape index (κ2) is 3.90. The highest BCUT2D eigenvalue weighted by Gasteiger charge is 2.00. The Labute approximate surface area is 75.5 Å². The summed E-state index contributed by atoms with van der Waals surface area (Å²) in [6.45, 7) is 4.55. The maximum absolute atomic E-state index is 5.75. The highest BCUT2D eigenvalue weighted by molar-refractivity contribution is 7.17. The number of nitrogens with two attached hydrogens (primary N) is 1. The molecule has 0 unspecified atom stereocenters. The van der Waals surface area contributed by atoms with Crippen LogP contribution in [0.4, 0.5) is 0 Å². The summed E-state index contributed by atoms with van der Waals surface area (Å²) in [5.41, 5.74) is 6.46. The van der Waals surface area contributed by atoms with E-state index in [1.165, 1.54) is 0 Å². The SMILES string of the molecule is C=C(CCN)c1ccc(Cl)s1. The minimum atomic E-state index is 0.647. The molecule has 11 heavy (non-hydrogen) atoms. The van der Waals surface area contributed by atoms with Crippen molar-refractivity contribution in [1.29, 1.82) is 0 Å². The van der Waals surface area contributed by atoms with Crippen LogP contribution in [0.5, 0.6) is 0 Å². The van der Waals surface area contributed by atoms with E-state index >= 15 is 0 Å². The Bertz CT molecular complexity index is 254. The average molecular weight is 188 g/mol. The Hall–Kier alpha value is -0.310. The summed E-state index contributed by atoms with van der Waals surface area (Å²) >= 11 is 7.30. The van der Waals surface area contributed by atoms with Gasteiger partial charge in [-0.15, -0.1) is 11.3 Å². The molecule has 0 aromatic carbocycles. The van der Waals surface area contributed by atoms with Crippen LogP contribution in [0.3, 0.4) is 0 Å². The van der Waals surface area contributed by atoms with Gasteiger partial charge in [0, 0.05) is 4.88 Å². The van der Waals surface area contributed by atoms with Crippen molar-refractivity contribution in [3.63, 3.8) is 0 Å². The highest BCUT2D eigenvalue weighted by atomic mass is 35.5. The lowest BCUT2D eigenvalue weighted by Crippen LogP contribution is -1.98. The third-order valence-corrected chi connectivity index (χ3v) is 2.70. The normalized spacial score (nSPS) is 10.0. The van der Waals surface area contributed by atoms with Gasteiger partial charge >= 0.3 is 0 Å². The summed E-state index contributed by atoms with van der Waals surface area (Å²) in [7, 11) is 0. The summed E-state index contributed by atoms with van der Waals surface area (Å²) in [5, 5.41) is 0. The first-order chi connectivity index (χ1) is 5.24. The zero-order valence-electron chi connectivity index (χ0n) is 6.14. The van der Waals surface area contributed by atoms with Crippen LogP contribution in [0.25, 0.3) is 5.57 Å². The van der Waals surface area contributed by atoms with Gasteiger partial charge in [0.1, 0.15) is 0 Å². The van der Waals surface area contributed by atoms with Crippen LogP contribution in [-0.2, 0) is 0 Å². The third kappa shape index (κ3) is 2.33. The van der Waals surface area contributed by atoms with Gasteiger partial charge in [-0.05, 0) is 30.7 Å². The molecule has 1 rings (SSSR count). The van der Waals surface area contributed by atoms with E-state index in [-0.39, 0.29) is 0 Å². The number of rotatable bonds is 3. The van der Waals surface area contributed by atoms with Crippen molar-refractivity contribution in [2.45, 2.75) is 6.42 Å². The van der Waals surface area contributed by atoms with E-state index in [2.05, 4.69) is 6.58 Å². The third-order valence-electron chi connectivity index (χ3n) is 1.37. The molecule has 0 aliphatic carbocycles. The summed E-state index contributed by atoms with van der Waals surface area (Å²) in [6.07, 6.45) is 0.844. The van der Waals surface area contributed by atoms with Crippen LogP contribution in [-0.4, -0.2) is 6.54 Å². The van der Waals surface area contributed by atoms with Gasteiger partial charge in [0.25, 0.3) is 0 Å². The topological polar surface area (TPSA) is 26.0 Å². The molecule has 0 bridgehead atoms. The summed E-state index contributed by atoms with van der Waals surface area (Å²) < 4.78 is 0.804. The van der Waals surface area contributed by atoms with Crippen molar-refractivity contribution in [1.82, 2.24) is 0 Å². The zero-order chi connectivity index (χ0) is 8.27. The van der Waals surface area contributed by atoms with Crippen molar-refractivity contribution in [3.8, 4) is 0 Å². The fraction of sp³-hybridized carbons (Fsp3) is 0.250. The smallest absolute Gasteiger partial charge is 0.0934 e. The summed E-state index contributed by atoms with van der Waals surface area (Å²) in [6, 6.07) is 3.86. The lowest BCUT2D eigenvalue weighted by molar-refractivity contribution is 1.03. The lowest BCUT2D eigenvalue weighted by atomic mass is 10.2. The van der Waals surface area contributed by atoms with Crippen molar-refractivity contribution in [3.05, 3.63) is 27.9 Å². The van der Waals surface area contributed by atoms with Gasteiger partial charge < -0.3 is 5.73 Å². The van der Waals surface area contributed by atoms with Gasteiger partial charge in [-0.2, -0.15) is 0 Å². The standard InChI is InChI=1S/C8H10ClNS/c1-6(4-5-10)7-2-3-8(9)11-7/h2-3H,1,4-5,10H2. The van der Waals surface area contributed by atoms with E-state index in [1.807, 2.05) is 12.1 Å². The fourth-order valence-corrected chi connectivity index (χ4v) is 1.84. The molecule has 0 saturated heterocycles. The van der Waals surface area contributed by atoms with E-state index in [0.717, 1.165) is 21.2 Å². The summed E-state index contributed by atoms with van der Waals surface area (Å²) in [4.78, 5) is 1.14. The molecule has 0 radical (unpaired) electrons. The van der Waals surface area contributed by atoms with Crippen molar-refractivity contribution in [2.75, 3.05) is 6.54 Å². The Morgan fingerprint density at radius 3 is 2.82 bits per heavy atom. The Morgan fingerprint density at radius 1 is 1.64 bits per heavy atom. The number of hydrogen-bond donors (Lipinski definition) is 1. The van der Waals surface area contributed by atoms with E-state index < -0.39 is 0 Å². The average Bonchev–Trinajstić information content (AvgIpc) is 2.36. The highest BCUT2D eigenvalue weighted by Crippen LogP contribution is 2.27. The van der Waals surface area contributed by atoms with Gasteiger partial charge in [0.15, 0.2) is 0 Å². The minimum absolute atomic E-state index is 0.647. The van der Waals surface area contributed by atoms with Crippen molar-refractivity contribution < 1.29 is 0 Å². The molecular weight excluding hydrogens is 178 g/mol. The molecule has 1 aromatic rings. The molecule has 0 spiro atoms. The van der Waals surface area contributed by atoms with Crippen molar-refractivity contribution >= 4 is 28.5 Å². The molecule has 0 atom stereocenters. The molecule has 1 heterocycles. The van der Waals surface area contributed by atoms with Gasteiger partial charge in [0.05, 0.1) is 4.34 Å². The first-order valence-corrected chi connectivity index (χ1v) is 4.57. The first-order valence-electron chi connectivity index (χ1n) is 3.37. The zero-order valence-corrected chi connectivity index (χ0v) is 7.71. The van der Waals surface area contributed by atoms with Crippen LogP contribution >= 0.6 is 22.9 Å². The Balaban J connectivity index is 2.69. The molecule has 0 aliphatic rings. The fourth-order valence-electron chi connectivity index (χ4n) is 0.802. The Morgan fingerprint density at radius 2 is 2.36 bits per heavy atom. The van der Waals surface area contributed by atoms with Crippen LogP contribution in [0.15, 0.2) is 18.7 Å². The number of thiophene rings is 1. The van der Waals surface area contributed by atoms with Crippen LogP contribution < -0.4 is 5.73 Å². The van der Waals surface area contributed by atoms with Gasteiger partial charge in [0.2, 0.25) is 0 Å². The molecule has 0 fully saturated rings. The van der Waals surface area contributed by atoms with Crippen LogP contribution in [0.1, 0.15) is 11.3 Å². The predicted octanol–water partition coefficient (Wildman–Crippen LogP) is 2.76. The number of halogens is 1. The predicted molar refractivity (Wildman–Crippen MR) is 52.0 cm³/mol. The van der Waals surface area contributed by atoms with E-state index in [4.69, 9.17) is 17.3 Å². The van der Waals surface area contributed by atoms with Crippen LogP contribution in [0.2, 0.25) is 4.34 Å². The van der Waals surface area contributed by atoms with E-state index in [9.17, 15) is 0 Å². The molecule has 60 valence electrons. The van der Waals surface area contributed by atoms with Gasteiger partial charge in [-0.3, -0.25) is 0 Å². The van der Waals surface area contributed by atoms with Crippen LogP contribution in [0, 0.1) is 0 Å². The van der Waals surface area contributed by atoms with E-state index in [1.54, 1.807) is 11.3 Å². The molecule has 0 aliphatic heterocycles. The molecule has 0 amide bonds. The molecule has 2 N–H and O–H groups in total. The molecular formula is C8H10ClNS. The quantitative estimate of drug-likeness (QED) is 0.774. The monoisotopic (exact) mass is 187 g/mol. The Kier molecular flexibility index (Phi) is 3.12. The van der Waals surface area contributed by atoms with Gasteiger partial charge in [-0.25, -0.2) is 0 Å². The second-order valence-corrected chi connectivity index (χ2v) is 3.96. The largest absolute Gasteiger partial charge is 0.330 e. The second-order valence-electron chi connectivity index (χ2n) is 2.25. The lowest BCUT2D eigenvalue weighted by Gasteiger charge is -1.97. The maximum atomic E-state index is 5.75. The molecule has 1 nitrogen and oxygen atoms in total. The molecule has 1 aromatic heterocycles. The van der Waals surface area contributed by atoms with Gasteiger partial charge in [-0.1, -0.05) is 18.2 Å². The molecule has 0 saturated carbocycles. The molecule has 3 heteroatoms. The maximum Gasteiger partial charge on any atom is 0.0934 e. The van der Waals surface area contributed by atoms with E-state index in [0.29, 0.717) is 6.54 Å². The number of hydrogen-bond acceptors (Lipinski definition) is 2. The minimum Gasteiger partial charge on any atom is -0.330 e. The first kappa shape index (κ1) is 8.78.